The Morgan fingerprint density at radius 2 is 2.25 bits per heavy atom. The highest BCUT2D eigenvalue weighted by molar-refractivity contribution is 9.10. The van der Waals surface area contributed by atoms with E-state index in [9.17, 15) is 13.2 Å². The molecule has 2 N–H and O–H groups in total. The quantitative estimate of drug-likeness (QED) is 0.851. The van der Waals surface area contributed by atoms with Gasteiger partial charge in [0.15, 0.2) is 4.67 Å². The third kappa shape index (κ3) is 3.62. The van der Waals surface area contributed by atoms with Crippen LogP contribution in [-0.2, 0) is 14.8 Å². The Labute approximate surface area is 101 Å². The summed E-state index contributed by atoms with van der Waals surface area (Å²) in [5.74, 6) is -1.07. The van der Waals surface area contributed by atoms with Gasteiger partial charge in [0.25, 0.3) is 10.0 Å². The molecule has 1 rings (SSSR count). The maximum atomic E-state index is 11.6. The molecule has 0 aliphatic carbocycles. The first kappa shape index (κ1) is 13.2. The zero-order valence-electron chi connectivity index (χ0n) is 8.31. The Hall–Kier alpha value is -0.860. The van der Waals surface area contributed by atoms with Crippen molar-refractivity contribution in [3.05, 3.63) is 16.8 Å². The number of carbonyl (C=O) groups is 1. The van der Waals surface area contributed by atoms with Gasteiger partial charge < -0.3 is 9.52 Å². The highest BCUT2D eigenvalue weighted by Crippen LogP contribution is 2.18. The van der Waals surface area contributed by atoms with Crippen molar-refractivity contribution in [2.24, 2.45) is 0 Å². The van der Waals surface area contributed by atoms with Gasteiger partial charge in [-0.25, -0.2) is 13.1 Å². The molecule has 0 fully saturated rings. The molecule has 90 valence electrons. The van der Waals surface area contributed by atoms with E-state index in [1.807, 2.05) is 0 Å². The van der Waals surface area contributed by atoms with Gasteiger partial charge in [0, 0.05) is 6.04 Å². The van der Waals surface area contributed by atoms with Gasteiger partial charge in [-0.2, -0.15) is 0 Å². The fourth-order valence-electron chi connectivity index (χ4n) is 1.07. The molecule has 1 aromatic rings. The van der Waals surface area contributed by atoms with E-state index in [1.54, 1.807) is 0 Å². The second kappa shape index (κ2) is 4.98. The van der Waals surface area contributed by atoms with E-state index in [0.29, 0.717) is 4.67 Å². The SMILES string of the molecule is C[C@H](CC(=O)O)NS(=O)(=O)c1ccc(Br)o1. The van der Waals surface area contributed by atoms with Crippen LogP contribution in [-0.4, -0.2) is 25.5 Å². The molecule has 0 aliphatic rings. The smallest absolute Gasteiger partial charge is 0.304 e. The maximum absolute atomic E-state index is 11.6. The lowest BCUT2D eigenvalue weighted by Gasteiger charge is -2.09. The van der Waals surface area contributed by atoms with Crippen LogP contribution in [0.25, 0.3) is 0 Å². The summed E-state index contributed by atoms with van der Waals surface area (Å²) in [4.78, 5) is 10.4. The number of hydrogen-bond donors (Lipinski definition) is 2. The first-order valence-corrected chi connectivity index (χ1v) is 6.58. The lowest BCUT2D eigenvalue weighted by Crippen LogP contribution is -2.33. The molecule has 0 radical (unpaired) electrons. The van der Waals surface area contributed by atoms with Crippen LogP contribution in [0.4, 0.5) is 0 Å². The summed E-state index contributed by atoms with van der Waals surface area (Å²) >= 11 is 2.98. The van der Waals surface area contributed by atoms with E-state index >= 15 is 0 Å². The number of nitrogens with one attached hydrogen (secondary N) is 1. The number of aliphatic carboxylic acids is 1. The third-order valence-electron chi connectivity index (χ3n) is 1.65. The zero-order valence-corrected chi connectivity index (χ0v) is 10.7. The maximum Gasteiger partial charge on any atom is 0.304 e. The molecule has 0 unspecified atom stereocenters. The molecular weight excluding hydrogens is 302 g/mol. The molecule has 0 spiro atoms. The minimum Gasteiger partial charge on any atom is -0.481 e. The Balaban J connectivity index is 2.76. The summed E-state index contributed by atoms with van der Waals surface area (Å²) in [5.41, 5.74) is 0. The lowest BCUT2D eigenvalue weighted by molar-refractivity contribution is -0.137. The summed E-state index contributed by atoms with van der Waals surface area (Å²) < 4.78 is 30.6. The third-order valence-corrected chi connectivity index (χ3v) is 3.54. The predicted molar refractivity (Wildman–Crippen MR) is 58.4 cm³/mol. The summed E-state index contributed by atoms with van der Waals surface area (Å²) in [6, 6.07) is 2.02. The van der Waals surface area contributed by atoms with Crippen LogP contribution in [0.3, 0.4) is 0 Å². The Kier molecular flexibility index (Phi) is 4.11. The molecule has 1 heterocycles. The monoisotopic (exact) mass is 311 g/mol. The predicted octanol–water partition coefficient (Wildman–Crippen LogP) is 1.18. The summed E-state index contributed by atoms with van der Waals surface area (Å²) in [6.07, 6.45) is -0.291. The number of carboxylic acid groups (broad SMARTS) is 1. The molecule has 0 aromatic carbocycles. The van der Waals surface area contributed by atoms with Crippen LogP contribution < -0.4 is 4.72 Å². The van der Waals surface area contributed by atoms with E-state index < -0.39 is 22.0 Å². The van der Waals surface area contributed by atoms with Gasteiger partial charge in [-0.1, -0.05) is 0 Å². The minimum absolute atomic E-state index is 0.253. The molecule has 0 bridgehead atoms. The molecule has 0 aliphatic heterocycles. The van der Waals surface area contributed by atoms with E-state index in [2.05, 4.69) is 20.7 Å². The van der Waals surface area contributed by atoms with Crippen LogP contribution in [0.1, 0.15) is 13.3 Å². The van der Waals surface area contributed by atoms with E-state index in [1.165, 1.54) is 19.1 Å². The van der Waals surface area contributed by atoms with Gasteiger partial charge in [0.1, 0.15) is 0 Å². The van der Waals surface area contributed by atoms with Crippen LogP contribution in [0.15, 0.2) is 26.3 Å². The second-order valence-corrected chi connectivity index (χ2v) is 5.61. The Morgan fingerprint density at radius 3 is 2.69 bits per heavy atom. The molecule has 1 atom stereocenters. The summed E-state index contributed by atoms with van der Waals surface area (Å²) in [6.45, 7) is 1.46. The molecule has 6 nitrogen and oxygen atoms in total. The normalized spacial score (nSPS) is 13.6. The summed E-state index contributed by atoms with van der Waals surface area (Å²) in [7, 11) is -3.79. The Morgan fingerprint density at radius 1 is 1.62 bits per heavy atom. The molecule has 16 heavy (non-hydrogen) atoms. The average molecular weight is 312 g/mol. The van der Waals surface area contributed by atoms with Gasteiger partial charge >= 0.3 is 5.97 Å². The van der Waals surface area contributed by atoms with Crippen molar-refractivity contribution in [2.45, 2.75) is 24.5 Å². The van der Waals surface area contributed by atoms with Crippen molar-refractivity contribution in [2.75, 3.05) is 0 Å². The number of furan rings is 1. The lowest BCUT2D eigenvalue weighted by atomic mass is 10.3. The van der Waals surface area contributed by atoms with Crippen molar-refractivity contribution in [1.29, 1.82) is 0 Å². The van der Waals surface area contributed by atoms with Gasteiger partial charge in [-0.15, -0.1) is 0 Å². The van der Waals surface area contributed by atoms with Crippen molar-refractivity contribution in [3.63, 3.8) is 0 Å². The van der Waals surface area contributed by atoms with Gasteiger partial charge in [0.2, 0.25) is 5.09 Å². The van der Waals surface area contributed by atoms with Crippen LogP contribution in [0.2, 0.25) is 0 Å². The topological polar surface area (TPSA) is 96.6 Å². The first-order chi connectivity index (χ1) is 7.31. The molecule has 1 aromatic heterocycles. The number of halogens is 1. The fourth-order valence-corrected chi connectivity index (χ4v) is 2.66. The number of carboxylic acids is 1. The average Bonchev–Trinajstić information content (AvgIpc) is 2.49. The molecule has 0 saturated carbocycles. The van der Waals surface area contributed by atoms with Crippen molar-refractivity contribution in [3.8, 4) is 0 Å². The Bertz CT molecular complexity index is 480. The van der Waals surface area contributed by atoms with Crippen molar-refractivity contribution < 1.29 is 22.7 Å². The molecular formula is C8H10BrNO5S. The fraction of sp³-hybridized carbons (Fsp3) is 0.375. The van der Waals surface area contributed by atoms with Crippen LogP contribution >= 0.6 is 15.9 Å². The van der Waals surface area contributed by atoms with E-state index in [-0.39, 0.29) is 11.5 Å². The standard InChI is InChI=1S/C8H10BrNO5S/c1-5(4-7(11)12)10-16(13,14)8-3-2-6(9)15-8/h2-3,5,10H,4H2,1H3,(H,11,12)/t5-/m1/s1. The van der Waals surface area contributed by atoms with Gasteiger partial charge in [-0.3, -0.25) is 4.79 Å². The highest BCUT2D eigenvalue weighted by atomic mass is 79.9. The van der Waals surface area contributed by atoms with E-state index in [4.69, 9.17) is 9.52 Å². The minimum atomic E-state index is -3.79. The van der Waals surface area contributed by atoms with Gasteiger partial charge in [0.05, 0.1) is 6.42 Å². The number of hydrogen-bond acceptors (Lipinski definition) is 4. The van der Waals surface area contributed by atoms with Crippen LogP contribution in [0.5, 0.6) is 0 Å². The number of sulfonamides is 1. The van der Waals surface area contributed by atoms with Crippen LogP contribution in [0, 0.1) is 0 Å². The highest BCUT2D eigenvalue weighted by Gasteiger charge is 2.22. The van der Waals surface area contributed by atoms with E-state index in [0.717, 1.165) is 0 Å². The number of rotatable bonds is 5. The van der Waals surface area contributed by atoms with Gasteiger partial charge in [-0.05, 0) is 35.0 Å². The molecule has 8 heteroatoms. The second-order valence-electron chi connectivity index (χ2n) is 3.18. The van der Waals surface area contributed by atoms with Crippen molar-refractivity contribution >= 4 is 31.9 Å². The largest absolute Gasteiger partial charge is 0.481 e. The zero-order chi connectivity index (χ0) is 12.3. The summed E-state index contributed by atoms with van der Waals surface area (Å²) in [5, 5.41) is 8.24. The first-order valence-electron chi connectivity index (χ1n) is 4.31. The molecule has 0 amide bonds. The molecule has 0 saturated heterocycles. The van der Waals surface area contributed by atoms with Crippen molar-refractivity contribution in [1.82, 2.24) is 4.72 Å².